The summed E-state index contributed by atoms with van der Waals surface area (Å²) in [5.41, 5.74) is 1.26. The summed E-state index contributed by atoms with van der Waals surface area (Å²) in [6.07, 6.45) is 1.27. The fourth-order valence-corrected chi connectivity index (χ4v) is 3.34. The van der Waals surface area contributed by atoms with Crippen molar-refractivity contribution in [1.29, 1.82) is 5.41 Å². The molecule has 2 aliphatic rings. The van der Waals surface area contributed by atoms with Gasteiger partial charge in [-0.1, -0.05) is 17.8 Å². The Morgan fingerprint density at radius 1 is 1.53 bits per heavy atom. The van der Waals surface area contributed by atoms with Gasteiger partial charge in [-0.25, -0.2) is 0 Å². The number of rotatable bonds is 1. The molecule has 2 aliphatic heterocycles. The van der Waals surface area contributed by atoms with E-state index in [2.05, 4.69) is 16.3 Å². The van der Waals surface area contributed by atoms with Gasteiger partial charge in [-0.05, 0) is 25.1 Å². The van der Waals surface area contributed by atoms with Gasteiger partial charge in [0.05, 0.1) is 7.11 Å². The van der Waals surface area contributed by atoms with Gasteiger partial charge in [0.1, 0.15) is 11.9 Å². The predicted molar refractivity (Wildman–Crippen MR) is 68.6 cm³/mol. The van der Waals surface area contributed by atoms with E-state index in [9.17, 15) is 0 Å². The molecule has 0 aliphatic carbocycles. The highest BCUT2D eigenvalue weighted by atomic mass is 32.2. The van der Waals surface area contributed by atoms with Crippen LogP contribution in [-0.2, 0) is 0 Å². The van der Waals surface area contributed by atoms with Crippen molar-refractivity contribution < 1.29 is 4.74 Å². The van der Waals surface area contributed by atoms with E-state index in [1.54, 1.807) is 7.11 Å². The summed E-state index contributed by atoms with van der Waals surface area (Å²) < 4.78 is 5.23. The minimum absolute atomic E-state index is 0.165. The molecule has 90 valence electrons. The van der Waals surface area contributed by atoms with Crippen LogP contribution in [0.4, 0.5) is 0 Å². The number of amidine groups is 1. The number of methoxy groups -OCH3 is 1. The molecule has 2 N–H and O–H groups in total. The maximum Gasteiger partial charge on any atom is 0.162 e. The second kappa shape index (κ2) is 4.23. The van der Waals surface area contributed by atoms with E-state index in [1.165, 1.54) is 17.3 Å². The zero-order chi connectivity index (χ0) is 11.8. The molecule has 1 aromatic carbocycles. The molecule has 0 spiro atoms. The first-order chi connectivity index (χ1) is 8.29. The third-order valence-corrected chi connectivity index (χ3v) is 4.21. The van der Waals surface area contributed by atoms with Crippen molar-refractivity contribution in [2.75, 3.05) is 20.2 Å². The molecule has 1 aromatic rings. The lowest BCUT2D eigenvalue weighted by Gasteiger charge is -2.42. The fraction of sp³-hybridized carbons (Fsp3) is 0.417. The standard InChI is InChI=1S/C12H15N3OS/c1-16-8-3-4-9-10(7-8)17-12(13)15-6-2-5-14-11(9)15/h3-4,7,11,13-14H,2,5-6H2,1H3. The first kappa shape index (κ1) is 10.9. The van der Waals surface area contributed by atoms with E-state index >= 15 is 0 Å². The van der Waals surface area contributed by atoms with Gasteiger partial charge >= 0.3 is 0 Å². The first-order valence-corrected chi connectivity index (χ1v) is 6.55. The van der Waals surface area contributed by atoms with Crippen molar-refractivity contribution in [3.05, 3.63) is 23.8 Å². The predicted octanol–water partition coefficient (Wildman–Crippen LogP) is 2.03. The normalized spacial score (nSPS) is 23.0. The highest BCUT2D eigenvalue weighted by Gasteiger charge is 2.32. The van der Waals surface area contributed by atoms with Crippen molar-refractivity contribution in [1.82, 2.24) is 10.2 Å². The number of ether oxygens (including phenoxy) is 1. The van der Waals surface area contributed by atoms with Gasteiger partial charge in [-0.15, -0.1) is 0 Å². The number of benzene rings is 1. The fourth-order valence-electron chi connectivity index (χ4n) is 2.34. The third kappa shape index (κ3) is 1.79. The number of nitrogens with one attached hydrogen (secondary N) is 2. The van der Waals surface area contributed by atoms with E-state index in [0.717, 1.165) is 30.2 Å². The molecule has 3 rings (SSSR count). The number of hydrogen-bond acceptors (Lipinski definition) is 4. The van der Waals surface area contributed by atoms with E-state index < -0.39 is 0 Å². The minimum Gasteiger partial charge on any atom is -0.497 e. The number of nitrogens with zero attached hydrogens (tertiary/aromatic N) is 1. The molecule has 1 fully saturated rings. The van der Waals surface area contributed by atoms with Gasteiger partial charge in [-0.3, -0.25) is 10.7 Å². The second-order valence-electron chi connectivity index (χ2n) is 4.21. The Kier molecular flexibility index (Phi) is 2.72. The van der Waals surface area contributed by atoms with E-state index in [-0.39, 0.29) is 6.17 Å². The topological polar surface area (TPSA) is 48.4 Å². The molecule has 4 nitrogen and oxygen atoms in total. The lowest BCUT2D eigenvalue weighted by atomic mass is 10.1. The number of hydrogen-bond donors (Lipinski definition) is 2. The lowest BCUT2D eigenvalue weighted by Crippen LogP contribution is -2.48. The van der Waals surface area contributed by atoms with Crippen LogP contribution in [0.1, 0.15) is 18.2 Å². The third-order valence-electron chi connectivity index (χ3n) is 3.21. The molecular formula is C12H15N3OS. The van der Waals surface area contributed by atoms with Crippen molar-refractivity contribution >= 4 is 16.9 Å². The smallest absolute Gasteiger partial charge is 0.162 e. The average molecular weight is 249 g/mol. The van der Waals surface area contributed by atoms with Crippen LogP contribution < -0.4 is 10.1 Å². The van der Waals surface area contributed by atoms with Crippen LogP contribution >= 0.6 is 11.8 Å². The van der Waals surface area contributed by atoms with E-state index in [0.29, 0.717) is 5.17 Å². The van der Waals surface area contributed by atoms with Crippen LogP contribution in [0.25, 0.3) is 0 Å². The van der Waals surface area contributed by atoms with Crippen LogP contribution in [0.5, 0.6) is 5.75 Å². The Hall–Kier alpha value is -1.20. The van der Waals surface area contributed by atoms with Gasteiger partial charge in [-0.2, -0.15) is 0 Å². The van der Waals surface area contributed by atoms with Crippen molar-refractivity contribution in [3.8, 4) is 5.75 Å². The number of thioether (sulfide) groups is 1. The largest absolute Gasteiger partial charge is 0.497 e. The Labute approximate surface area is 105 Å². The average Bonchev–Trinajstić information content (AvgIpc) is 2.38. The first-order valence-electron chi connectivity index (χ1n) is 5.74. The zero-order valence-corrected chi connectivity index (χ0v) is 10.5. The Morgan fingerprint density at radius 3 is 3.24 bits per heavy atom. The van der Waals surface area contributed by atoms with Gasteiger partial charge in [0.25, 0.3) is 0 Å². The lowest BCUT2D eigenvalue weighted by molar-refractivity contribution is 0.219. The highest BCUT2D eigenvalue weighted by molar-refractivity contribution is 8.13. The van der Waals surface area contributed by atoms with Crippen LogP contribution in [0, 0.1) is 5.41 Å². The molecule has 1 atom stereocenters. The molecule has 17 heavy (non-hydrogen) atoms. The molecule has 0 bridgehead atoms. The van der Waals surface area contributed by atoms with Gasteiger partial charge in [0.15, 0.2) is 5.17 Å². The van der Waals surface area contributed by atoms with Gasteiger partial charge in [0.2, 0.25) is 0 Å². The van der Waals surface area contributed by atoms with Crippen LogP contribution in [0.15, 0.2) is 23.1 Å². The molecule has 0 saturated carbocycles. The van der Waals surface area contributed by atoms with E-state index in [4.69, 9.17) is 10.1 Å². The summed E-state index contributed by atoms with van der Waals surface area (Å²) in [4.78, 5) is 3.26. The second-order valence-corrected chi connectivity index (χ2v) is 5.25. The van der Waals surface area contributed by atoms with Crippen molar-refractivity contribution in [2.45, 2.75) is 17.5 Å². The summed E-state index contributed by atoms with van der Waals surface area (Å²) >= 11 is 1.52. The van der Waals surface area contributed by atoms with E-state index in [1.807, 2.05) is 12.1 Å². The summed E-state index contributed by atoms with van der Waals surface area (Å²) in [7, 11) is 1.67. The molecule has 1 saturated heterocycles. The van der Waals surface area contributed by atoms with Crippen LogP contribution in [0.3, 0.4) is 0 Å². The number of fused-ring (bicyclic) bond motifs is 3. The van der Waals surface area contributed by atoms with Gasteiger partial charge < -0.3 is 9.64 Å². The summed E-state index contributed by atoms with van der Waals surface area (Å²) in [5.74, 6) is 0.855. The Balaban J connectivity index is 2.02. The maximum atomic E-state index is 8.08. The quantitative estimate of drug-likeness (QED) is 0.799. The Morgan fingerprint density at radius 2 is 2.41 bits per heavy atom. The Bertz CT molecular complexity index is 463. The maximum absolute atomic E-state index is 8.08. The molecule has 0 radical (unpaired) electrons. The summed E-state index contributed by atoms with van der Waals surface area (Å²) in [6.45, 7) is 1.99. The molecule has 1 unspecified atom stereocenters. The zero-order valence-electron chi connectivity index (χ0n) is 9.69. The summed E-state index contributed by atoms with van der Waals surface area (Å²) in [5, 5.41) is 12.2. The molecule has 2 heterocycles. The monoisotopic (exact) mass is 249 g/mol. The van der Waals surface area contributed by atoms with Gasteiger partial charge in [0, 0.05) is 17.0 Å². The molecule has 0 aromatic heterocycles. The minimum atomic E-state index is 0.165. The molecule has 0 amide bonds. The van der Waals surface area contributed by atoms with Crippen molar-refractivity contribution in [2.24, 2.45) is 0 Å². The molecule has 5 heteroatoms. The van der Waals surface area contributed by atoms with Crippen molar-refractivity contribution in [3.63, 3.8) is 0 Å². The SMILES string of the molecule is COc1ccc2c(c1)SC(=N)N1CCCNC21. The highest BCUT2D eigenvalue weighted by Crippen LogP contribution is 2.40. The van der Waals surface area contributed by atoms with Crippen LogP contribution in [0.2, 0.25) is 0 Å². The molecular weight excluding hydrogens is 234 g/mol. The summed E-state index contributed by atoms with van der Waals surface area (Å²) in [6, 6.07) is 6.11. The van der Waals surface area contributed by atoms with Crippen LogP contribution in [-0.4, -0.2) is 30.3 Å².